The van der Waals surface area contributed by atoms with E-state index in [4.69, 9.17) is 0 Å². The lowest BCUT2D eigenvalue weighted by Gasteiger charge is -2.33. The lowest BCUT2D eigenvalue weighted by molar-refractivity contribution is -0.127. The highest BCUT2D eigenvalue weighted by molar-refractivity contribution is 7.91. The first-order chi connectivity index (χ1) is 11.2. The van der Waals surface area contributed by atoms with Gasteiger partial charge < -0.3 is 5.32 Å². The Labute approximate surface area is 149 Å². The van der Waals surface area contributed by atoms with Crippen molar-refractivity contribution in [2.24, 2.45) is 17.8 Å². The third kappa shape index (κ3) is 4.37. The van der Waals surface area contributed by atoms with Gasteiger partial charge in [-0.15, -0.1) is 11.3 Å². The normalized spacial score (nSPS) is 17.8. The monoisotopic (exact) mass is 372 g/mol. The molecule has 136 valence electrons. The van der Waals surface area contributed by atoms with Crippen LogP contribution in [0.5, 0.6) is 0 Å². The van der Waals surface area contributed by atoms with Crippen molar-refractivity contribution in [3.05, 3.63) is 17.5 Å². The average Bonchev–Trinajstić information content (AvgIpc) is 3.07. The molecule has 0 radical (unpaired) electrons. The van der Waals surface area contributed by atoms with E-state index in [1.807, 2.05) is 0 Å². The number of rotatable bonds is 6. The molecule has 1 aromatic rings. The number of sulfonamides is 1. The summed E-state index contributed by atoms with van der Waals surface area (Å²) in [7, 11) is -3.40. The average molecular weight is 373 g/mol. The lowest BCUT2D eigenvalue weighted by atomic mass is 9.91. The lowest BCUT2D eigenvalue weighted by Crippen LogP contribution is -2.48. The molecule has 5 nitrogen and oxygen atoms in total. The van der Waals surface area contributed by atoms with Gasteiger partial charge in [0, 0.05) is 25.0 Å². The fourth-order valence-electron chi connectivity index (χ4n) is 3.28. The van der Waals surface area contributed by atoms with E-state index in [1.165, 1.54) is 15.6 Å². The van der Waals surface area contributed by atoms with E-state index in [1.54, 1.807) is 17.5 Å². The number of amides is 1. The maximum atomic E-state index is 12.5. The summed E-state index contributed by atoms with van der Waals surface area (Å²) in [6.45, 7) is 9.27. The third-order valence-corrected chi connectivity index (χ3v) is 7.93. The fraction of sp³-hybridized carbons (Fsp3) is 0.706. The Morgan fingerprint density at radius 1 is 1.21 bits per heavy atom. The van der Waals surface area contributed by atoms with Crippen molar-refractivity contribution in [1.82, 2.24) is 9.62 Å². The summed E-state index contributed by atoms with van der Waals surface area (Å²) in [6, 6.07) is 3.54. The Morgan fingerprint density at radius 3 is 2.25 bits per heavy atom. The molecule has 0 aromatic carbocycles. The van der Waals surface area contributed by atoms with Gasteiger partial charge >= 0.3 is 0 Å². The van der Waals surface area contributed by atoms with E-state index in [2.05, 4.69) is 33.0 Å². The van der Waals surface area contributed by atoms with Crippen LogP contribution < -0.4 is 5.32 Å². The van der Waals surface area contributed by atoms with Crippen LogP contribution in [-0.4, -0.2) is 37.8 Å². The molecule has 1 amide bonds. The van der Waals surface area contributed by atoms with Gasteiger partial charge in [-0.1, -0.05) is 33.8 Å². The van der Waals surface area contributed by atoms with E-state index in [0.29, 0.717) is 42.0 Å². The second-order valence-electron chi connectivity index (χ2n) is 7.13. The number of piperidine rings is 1. The van der Waals surface area contributed by atoms with Crippen molar-refractivity contribution in [2.45, 2.75) is 50.8 Å². The van der Waals surface area contributed by atoms with Gasteiger partial charge in [-0.25, -0.2) is 8.42 Å². The minimum Gasteiger partial charge on any atom is -0.353 e. The predicted molar refractivity (Wildman–Crippen MR) is 97.4 cm³/mol. The first kappa shape index (κ1) is 19.4. The van der Waals surface area contributed by atoms with Crippen LogP contribution in [0.25, 0.3) is 0 Å². The topological polar surface area (TPSA) is 66.5 Å². The summed E-state index contributed by atoms with van der Waals surface area (Å²) in [5.41, 5.74) is 0. The molecule has 2 heterocycles. The largest absolute Gasteiger partial charge is 0.353 e. The summed E-state index contributed by atoms with van der Waals surface area (Å²) in [4.78, 5) is 12.5. The number of nitrogens with one attached hydrogen (secondary N) is 1. The van der Waals surface area contributed by atoms with Crippen LogP contribution in [0.2, 0.25) is 0 Å². The molecular weight excluding hydrogens is 344 g/mol. The predicted octanol–water partition coefficient (Wildman–Crippen LogP) is 2.95. The first-order valence-corrected chi connectivity index (χ1v) is 10.9. The van der Waals surface area contributed by atoms with Gasteiger partial charge in [0.25, 0.3) is 10.0 Å². The van der Waals surface area contributed by atoms with Crippen molar-refractivity contribution < 1.29 is 13.2 Å². The third-order valence-electron chi connectivity index (χ3n) is 4.66. The minimum absolute atomic E-state index is 0.0653. The molecule has 1 aliphatic heterocycles. The highest BCUT2D eigenvalue weighted by atomic mass is 32.2. The van der Waals surface area contributed by atoms with Gasteiger partial charge in [0.2, 0.25) is 5.91 Å². The SMILES string of the molecule is CC(C)C(NC(=O)C1CCN(S(=O)(=O)c2cccs2)CC1)C(C)C. The molecule has 24 heavy (non-hydrogen) atoms. The summed E-state index contributed by atoms with van der Waals surface area (Å²) >= 11 is 1.24. The van der Waals surface area contributed by atoms with E-state index < -0.39 is 10.0 Å². The Morgan fingerprint density at radius 2 is 1.79 bits per heavy atom. The zero-order valence-electron chi connectivity index (χ0n) is 14.9. The highest BCUT2D eigenvalue weighted by Gasteiger charge is 2.33. The van der Waals surface area contributed by atoms with Crippen molar-refractivity contribution >= 4 is 27.3 Å². The zero-order chi connectivity index (χ0) is 17.9. The molecule has 0 spiro atoms. The van der Waals surface area contributed by atoms with Gasteiger partial charge in [0.15, 0.2) is 0 Å². The summed E-state index contributed by atoms with van der Waals surface area (Å²) in [5, 5.41) is 4.93. The van der Waals surface area contributed by atoms with Crippen molar-refractivity contribution in [1.29, 1.82) is 0 Å². The molecule has 0 aliphatic carbocycles. The first-order valence-electron chi connectivity index (χ1n) is 8.57. The molecule has 2 rings (SSSR count). The zero-order valence-corrected chi connectivity index (χ0v) is 16.5. The number of nitrogens with zero attached hydrogens (tertiary/aromatic N) is 1. The van der Waals surface area contributed by atoms with Crippen LogP contribution in [0.3, 0.4) is 0 Å². The smallest absolute Gasteiger partial charge is 0.252 e. The van der Waals surface area contributed by atoms with E-state index in [9.17, 15) is 13.2 Å². The Balaban J connectivity index is 1.94. The number of carbonyl (C=O) groups is 1. The van der Waals surface area contributed by atoms with E-state index in [-0.39, 0.29) is 17.9 Å². The summed E-state index contributed by atoms with van der Waals surface area (Å²) in [6.07, 6.45) is 1.17. The number of carbonyl (C=O) groups excluding carboxylic acids is 1. The molecule has 0 unspecified atom stereocenters. The van der Waals surface area contributed by atoms with Crippen molar-refractivity contribution in [3.8, 4) is 0 Å². The van der Waals surface area contributed by atoms with Crippen LogP contribution in [0.4, 0.5) is 0 Å². The molecule has 0 atom stereocenters. The van der Waals surface area contributed by atoms with E-state index in [0.717, 1.165) is 0 Å². The van der Waals surface area contributed by atoms with Gasteiger partial charge in [-0.05, 0) is 36.1 Å². The van der Waals surface area contributed by atoms with Gasteiger partial charge in [-0.2, -0.15) is 4.31 Å². The Hall–Kier alpha value is -0.920. The van der Waals surface area contributed by atoms with Crippen LogP contribution in [0, 0.1) is 17.8 Å². The molecule has 1 saturated heterocycles. The van der Waals surface area contributed by atoms with Gasteiger partial charge in [-0.3, -0.25) is 4.79 Å². The Bertz CT molecular complexity index is 623. The van der Waals surface area contributed by atoms with Gasteiger partial charge in [0.1, 0.15) is 4.21 Å². The molecule has 0 saturated carbocycles. The second-order valence-corrected chi connectivity index (χ2v) is 10.2. The quantitative estimate of drug-likeness (QED) is 0.835. The van der Waals surface area contributed by atoms with E-state index >= 15 is 0 Å². The molecule has 0 bridgehead atoms. The van der Waals surface area contributed by atoms with Crippen LogP contribution in [0.15, 0.2) is 21.7 Å². The molecule has 1 N–H and O–H groups in total. The van der Waals surface area contributed by atoms with Crippen LogP contribution in [-0.2, 0) is 14.8 Å². The summed E-state index contributed by atoms with van der Waals surface area (Å²) in [5.74, 6) is 0.733. The summed E-state index contributed by atoms with van der Waals surface area (Å²) < 4.78 is 26.9. The number of thiophene rings is 1. The number of hydrogen-bond donors (Lipinski definition) is 1. The maximum absolute atomic E-state index is 12.5. The maximum Gasteiger partial charge on any atom is 0.252 e. The fourth-order valence-corrected chi connectivity index (χ4v) is 5.90. The molecule has 1 aliphatic rings. The standard InChI is InChI=1S/C17H28N2O3S2/c1-12(2)16(13(3)4)18-17(20)14-7-9-19(10-8-14)24(21,22)15-6-5-11-23-15/h5-6,11-14,16H,7-10H2,1-4H3,(H,18,20). The Kier molecular flexibility index (Phi) is 6.45. The molecule has 1 aromatic heterocycles. The molecular formula is C17H28N2O3S2. The van der Waals surface area contributed by atoms with Gasteiger partial charge in [0.05, 0.1) is 0 Å². The van der Waals surface area contributed by atoms with Crippen molar-refractivity contribution in [2.75, 3.05) is 13.1 Å². The minimum atomic E-state index is -3.40. The van der Waals surface area contributed by atoms with Crippen LogP contribution >= 0.6 is 11.3 Å². The van der Waals surface area contributed by atoms with Crippen molar-refractivity contribution in [3.63, 3.8) is 0 Å². The van der Waals surface area contributed by atoms with Crippen LogP contribution in [0.1, 0.15) is 40.5 Å². The molecule has 1 fully saturated rings. The molecule has 7 heteroatoms. The number of hydrogen-bond acceptors (Lipinski definition) is 4. The second kappa shape index (κ2) is 7.97. The highest BCUT2D eigenvalue weighted by Crippen LogP contribution is 2.26.